The summed E-state index contributed by atoms with van der Waals surface area (Å²) in [6.07, 6.45) is 2.05. The van der Waals surface area contributed by atoms with E-state index in [9.17, 15) is 0 Å². The first-order valence-electron chi connectivity index (χ1n) is 7.34. The summed E-state index contributed by atoms with van der Waals surface area (Å²) >= 11 is 6.12. The van der Waals surface area contributed by atoms with Crippen molar-refractivity contribution < 1.29 is 4.74 Å². The Hall–Kier alpha value is -1.51. The maximum absolute atomic E-state index is 6.12. The van der Waals surface area contributed by atoms with Crippen LogP contribution in [0.5, 0.6) is 5.75 Å². The quantitative estimate of drug-likeness (QED) is 0.805. The van der Waals surface area contributed by atoms with Gasteiger partial charge in [0, 0.05) is 11.1 Å². The highest BCUT2D eigenvalue weighted by atomic mass is 35.5. The van der Waals surface area contributed by atoms with Gasteiger partial charge in [-0.25, -0.2) is 0 Å². The van der Waals surface area contributed by atoms with Gasteiger partial charge in [0.25, 0.3) is 0 Å². The molecule has 0 fully saturated rings. The van der Waals surface area contributed by atoms with Gasteiger partial charge in [0.2, 0.25) is 0 Å². The fraction of sp³-hybridized carbons (Fsp3) is 0.333. The fourth-order valence-electron chi connectivity index (χ4n) is 2.35. The maximum atomic E-state index is 6.12. The predicted octanol–water partition coefficient (Wildman–Crippen LogP) is 4.63. The largest absolute Gasteiger partial charge is 0.497 e. The van der Waals surface area contributed by atoms with Crippen molar-refractivity contribution in [2.75, 3.05) is 13.7 Å². The normalized spacial score (nSPS) is 12.1. The maximum Gasteiger partial charge on any atom is 0.118 e. The van der Waals surface area contributed by atoms with Gasteiger partial charge in [-0.1, -0.05) is 42.8 Å². The van der Waals surface area contributed by atoms with Gasteiger partial charge in [-0.05, 0) is 54.8 Å². The van der Waals surface area contributed by atoms with Crippen LogP contribution in [0.15, 0.2) is 48.5 Å². The lowest BCUT2D eigenvalue weighted by atomic mass is 9.98. The van der Waals surface area contributed by atoms with Crippen LogP contribution in [0.2, 0.25) is 5.02 Å². The highest BCUT2D eigenvalue weighted by Gasteiger charge is 2.12. The minimum Gasteiger partial charge on any atom is -0.497 e. The van der Waals surface area contributed by atoms with Crippen molar-refractivity contribution in [3.8, 4) is 5.75 Å². The number of methoxy groups -OCH3 is 1. The summed E-state index contributed by atoms with van der Waals surface area (Å²) in [5.41, 5.74) is 2.51. The summed E-state index contributed by atoms with van der Waals surface area (Å²) in [7, 11) is 1.69. The highest BCUT2D eigenvalue weighted by Crippen LogP contribution is 2.22. The Morgan fingerprint density at radius 3 is 2.52 bits per heavy atom. The van der Waals surface area contributed by atoms with Crippen LogP contribution in [0.1, 0.15) is 30.5 Å². The SMILES string of the molecule is CCCNC(Cc1ccc(OC)cc1)c1cccc(Cl)c1. The molecule has 2 nitrogen and oxygen atoms in total. The number of rotatable bonds is 7. The van der Waals surface area contributed by atoms with Crippen LogP contribution in [0.25, 0.3) is 0 Å². The molecule has 1 atom stereocenters. The van der Waals surface area contributed by atoms with Crippen LogP contribution in [0.4, 0.5) is 0 Å². The first kappa shape index (κ1) is 15.9. The summed E-state index contributed by atoms with van der Waals surface area (Å²) in [6, 6.07) is 16.6. The third kappa shape index (κ3) is 4.76. The standard InChI is InChI=1S/C18H22ClNO/c1-3-11-20-18(15-5-4-6-16(19)13-15)12-14-7-9-17(21-2)10-8-14/h4-10,13,18,20H,3,11-12H2,1-2H3. The van der Waals surface area contributed by atoms with Gasteiger partial charge in [-0.3, -0.25) is 0 Å². The van der Waals surface area contributed by atoms with Crippen LogP contribution in [-0.2, 0) is 6.42 Å². The van der Waals surface area contributed by atoms with Crippen LogP contribution in [0.3, 0.4) is 0 Å². The second-order valence-corrected chi connectivity index (χ2v) is 5.55. The molecule has 0 bridgehead atoms. The molecular weight excluding hydrogens is 282 g/mol. The smallest absolute Gasteiger partial charge is 0.118 e. The Bertz CT molecular complexity index is 553. The number of ether oxygens (including phenoxy) is 1. The van der Waals surface area contributed by atoms with Gasteiger partial charge in [0.1, 0.15) is 5.75 Å². The van der Waals surface area contributed by atoms with E-state index in [1.165, 1.54) is 11.1 Å². The minimum absolute atomic E-state index is 0.275. The van der Waals surface area contributed by atoms with Crippen molar-refractivity contribution in [3.63, 3.8) is 0 Å². The van der Waals surface area contributed by atoms with Crippen molar-refractivity contribution in [3.05, 3.63) is 64.7 Å². The van der Waals surface area contributed by atoms with Crippen LogP contribution >= 0.6 is 11.6 Å². The molecule has 1 unspecified atom stereocenters. The molecule has 0 aliphatic rings. The summed E-state index contributed by atoms with van der Waals surface area (Å²) in [5, 5.41) is 4.38. The molecule has 0 aliphatic heterocycles. The Balaban J connectivity index is 2.15. The summed E-state index contributed by atoms with van der Waals surface area (Å²) < 4.78 is 5.21. The van der Waals surface area contributed by atoms with Gasteiger partial charge < -0.3 is 10.1 Å². The molecule has 2 aromatic rings. The zero-order valence-corrected chi connectivity index (χ0v) is 13.4. The Morgan fingerprint density at radius 2 is 1.90 bits per heavy atom. The molecule has 0 aliphatic carbocycles. The van der Waals surface area contributed by atoms with Crippen molar-refractivity contribution in [2.24, 2.45) is 0 Å². The van der Waals surface area contributed by atoms with E-state index in [1.54, 1.807) is 7.11 Å². The lowest BCUT2D eigenvalue weighted by Crippen LogP contribution is -2.24. The van der Waals surface area contributed by atoms with Gasteiger partial charge in [-0.2, -0.15) is 0 Å². The van der Waals surface area contributed by atoms with E-state index in [2.05, 4.69) is 30.4 Å². The minimum atomic E-state index is 0.275. The summed E-state index contributed by atoms with van der Waals surface area (Å²) in [5.74, 6) is 0.888. The molecule has 0 amide bonds. The topological polar surface area (TPSA) is 21.3 Å². The van der Waals surface area contributed by atoms with Gasteiger partial charge in [0.15, 0.2) is 0 Å². The number of hydrogen-bond acceptors (Lipinski definition) is 2. The molecule has 2 rings (SSSR count). The van der Waals surface area contributed by atoms with Crippen LogP contribution in [-0.4, -0.2) is 13.7 Å². The molecule has 21 heavy (non-hydrogen) atoms. The molecular formula is C18H22ClNO. The van der Waals surface area contributed by atoms with E-state index < -0.39 is 0 Å². The van der Waals surface area contributed by atoms with Crippen LogP contribution < -0.4 is 10.1 Å². The zero-order valence-electron chi connectivity index (χ0n) is 12.6. The Kier molecular flexibility index (Phi) is 6.09. The predicted molar refractivity (Wildman–Crippen MR) is 89.2 cm³/mol. The second kappa shape index (κ2) is 8.06. The average molecular weight is 304 g/mol. The first-order chi connectivity index (χ1) is 10.2. The summed E-state index contributed by atoms with van der Waals surface area (Å²) in [6.45, 7) is 3.17. The highest BCUT2D eigenvalue weighted by molar-refractivity contribution is 6.30. The first-order valence-corrected chi connectivity index (χ1v) is 7.72. The lowest BCUT2D eigenvalue weighted by molar-refractivity contribution is 0.414. The van der Waals surface area contributed by atoms with E-state index in [0.717, 1.165) is 30.2 Å². The molecule has 0 saturated heterocycles. The molecule has 0 radical (unpaired) electrons. The second-order valence-electron chi connectivity index (χ2n) is 5.11. The van der Waals surface area contributed by atoms with E-state index >= 15 is 0 Å². The van der Waals surface area contributed by atoms with Crippen molar-refractivity contribution in [1.82, 2.24) is 5.32 Å². The van der Waals surface area contributed by atoms with Crippen molar-refractivity contribution in [1.29, 1.82) is 0 Å². The van der Waals surface area contributed by atoms with Crippen LogP contribution in [0, 0.1) is 0 Å². The number of nitrogens with one attached hydrogen (secondary N) is 1. The molecule has 0 heterocycles. The number of hydrogen-bond donors (Lipinski definition) is 1. The fourth-order valence-corrected chi connectivity index (χ4v) is 2.55. The molecule has 2 aromatic carbocycles. The van der Waals surface area contributed by atoms with E-state index in [-0.39, 0.29) is 6.04 Å². The lowest BCUT2D eigenvalue weighted by Gasteiger charge is -2.19. The van der Waals surface area contributed by atoms with Gasteiger partial charge >= 0.3 is 0 Å². The molecule has 3 heteroatoms. The molecule has 112 valence electrons. The van der Waals surface area contributed by atoms with Crippen molar-refractivity contribution >= 4 is 11.6 Å². The molecule has 0 spiro atoms. The average Bonchev–Trinajstić information content (AvgIpc) is 2.52. The zero-order chi connectivity index (χ0) is 15.1. The van der Waals surface area contributed by atoms with E-state index in [0.29, 0.717) is 0 Å². The number of halogens is 1. The Morgan fingerprint density at radius 1 is 1.14 bits per heavy atom. The van der Waals surface area contributed by atoms with Gasteiger partial charge in [-0.15, -0.1) is 0 Å². The molecule has 1 N–H and O–H groups in total. The molecule has 0 aromatic heterocycles. The third-order valence-corrected chi connectivity index (χ3v) is 3.73. The van der Waals surface area contributed by atoms with Crippen molar-refractivity contribution in [2.45, 2.75) is 25.8 Å². The molecule has 0 saturated carbocycles. The van der Waals surface area contributed by atoms with E-state index in [1.807, 2.05) is 30.3 Å². The van der Waals surface area contributed by atoms with E-state index in [4.69, 9.17) is 16.3 Å². The Labute approximate surface area is 132 Å². The monoisotopic (exact) mass is 303 g/mol. The third-order valence-electron chi connectivity index (χ3n) is 3.49. The summed E-state index contributed by atoms with van der Waals surface area (Å²) in [4.78, 5) is 0. The number of benzene rings is 2. The van der Waals surface area contributed by atoms with Gasteiger partial charge in [0.05, 0.1) is 7.11 Å².